The van der Waals surface area contributed by atoms with Crippen molar-refractivity contribution in [3.05, 3.63) is 30.6 Å². The van der Waals surface area contributed by atoms with Gasteiger partial charge in [0.05, 0.1) is 0 Å². The van der Waals surface area contributed by atoms with Crippen molar-refractivity contribution in [3.63, 3.8) is 0 Å². The summed E-state index contributed by atoms with van der Waals surface area (Å²) in [7, 11) is 0. The molecule has 0 spiro atoms. The van der Waals surface area contributed by atoms with Gasteiger partial charge >= 0.3 is 0 Å². The molecule has 0 fully saturated rings. The van der Waals surface area contributed by atoms with Crippen LogP contribution in [-0.4, -0.2) is 25.2 Å². The number of anilines is 2. The summed E-state index contributed by atoms with van der Waals surface area (Å²) < 4.78 is 0. The molecule has 0 unspecified atom stereocenters. The van der Waals surface area contributed by atoms with Gasteiger partial charge in [-0.25, -0.2) is 15.5 Å². The quantitative estimate of drug-likeness (QED) is 0.467. The minimum Gasteiger partial charge on any atom is -0.494 e. The van der Waals surface area contributed by atoms with Crippen LogP contribution in [-0.2, 0) is 0 Å². The number of nitrogens with one attached hydrogen (secondary N) is 3. The van der Waals surface area contributed by atoms with Crippen LogP contribution in [0.25, 0.3) is 10.8 Å². The zero-order valence-electron chi connectivity index (χ0n) is 10.1. The predicted octanol–water partition coefficient (Wildman–Crippen LogP) is 2.78. The lowest BCUT2D eigenvalue weighted by Gasteiger charge is -2.05. The van der Waals surface area contributed by atoms with Crippen molar-refractivity contribution in [1.29, 1.82) is 5.53 Å². The number of aromatic hydroxyl groups is 2. The van der Waals surface area contributed by atoms with E-state index < -0.39 is 0 Å². The van der Waals surface area contributed by atoms with Crippen molar-refractivity contribution in [2.24, 2.45) is 5.11 Å². The molecule has 8 nitrogen and oxygen atoms in total. The molecule has 2 heterocycles. The van der Waals surface area contributed by atoms with Gasteiger partial charge in [-0.2, -0.15) is 0 Å². The Morgan fingerprint density at radius 2 is 1.90 bits per heavy atom. The van der Waals surface area contributed by atoms with Crippen LogP contribution in [0, 0.1) is 5.53 Å². The lowest BCUT2D eigenvalue weighted by Crippen LogP contribution is -1.93. The molecule has 8 heteroatoms. The Bertz CT molecular complexity index is 798. The third-order valence-corrected chi connectivity index (χ3v) is 2.81. The summed E-state index contributed by atoms with van der Waals surface area (Å²) in [6.07, 6.45) is 1.30. The Kier molecular flexibility index (Phi) is 2.68. The van der Waals surface area contributed by atoms with Gasteiger partial charge in [0.2, 0.25) is 0 Å². The van der Waals surface area contributed by atoms with Crippen molar-refractivity contribution in [2.45, 2.75) is 0 Å². The first-order valence-corrected chi connectivity index (χ1v) is 5.67. The fourth-order valence-corrected chi connectivity index (χ4v) is 1.90. The highest BCUT2D eigenvalue weighted by atomic mass is 16.3. The molecule has 20 heavy (non-hydrogen) atoms. The van der Waals surface area contributed by atoms with Crippen LogP contribution in [0.2, 0.25) is 0 Å². The molecular formula is C12H10N6O2. The molecule has 0 atom stereocenters. The maximum Gasteiger partial charge on any atom is 0.199 e. The van der Waals surface area contributed by atoms with E-state index in [9.17, 15) is 10.2 Å². The number of H-pyrrole nitrogens is 1. The third kappa shape index (κ3) is 1.99. The van der Waals surface area contributed by atoms with Gasteiger partial charge in [0, 0.05) is 22.5 Å². The first kappa shape index (κ1) is 11.9. The SMILES string of the molecule is N=Nc1cc(Nc2ccc3c(O)[nH]c(O)c3c2)ncn1. The number of hydrogen-bond donors (Lipinski definition) is 5. The normalized spacial score (nSPS) is 10.6. The first-order valence-electron chi connectivity index (χ1n) is 5.67. The Labute approximate surface area is 112 Å². The van der Waals surface area contributed by atoms with E-state index >= 15 is 0 Å². The van der Waals surface area contributed by atoms with Gasteiger partial charge in [0.15, 0.2) is 17.6 Å². The molecule has 0 saturated carbocycles. The molecule has 5 N–H and O–H groups in total. The molecule has 0 aliphatic carbocycles. The maximum atomic E-state index is 9.66. The topological polar surface area (TPSA) is 130 Å². The molecule has 0 aliphatic heterocycles. The smallest absolute Gasteiger partial charge is 0.199 e. The molecule has 3 rings (SSSR count). The second-order valence-electron chi connectivity index (χ2n) is 4.08. The molecule has 1 aromatic carbocycles. The number of benzene rings is 1. The summed E-state index contributed by atoms with van der Waals surface area (Å²) >= 11 is 0. The molecule has 100 valence electrons. The largest absolute Gasteiger partial charge is 0.494 e. The summed E-state index contributed by atoms with van der Waals surface area (Å²) in [5, 5.41) is 26.5. The second-order valence-corrected chi connectivity index (χ2v) is 4.08. The number of nitrogens with zero attached hydrogens (tertiary/aromatic N) is 3. The van der Waals surface area contributed by atoms with Crippen LogP contribution >= 0.6 is 0 Å². The first-order chi connectivity index (χ1) is 9.67. The van der Waals surface area contributed by atoms with E-state index in [0.29, 0.717) is 22.3 Å². The molecule has 0 bridgehead atoms. The maximum absolute atomic E-state index is 9.66. The van der Waals surface area contributed by atoms with Crippen LogP contribution in [0.15, 0.2) is 35.7 Å². The summed E-state index contributed by atoms with van der Waals surface area (Å²) in [5.41, 5.74) is 7.57. The Morgan fingerprint density at radius 3 is 2.70 bits per heavy atom. The van der Waals surface area contributed by atoms with Crippen molar-refractivity contribution in [2.75, 3.05) is 5.32 Å². The molecule has 0 radical (unpaired) electrons. The van der Waals surface area contributed by atoms with Gasteiger partial charge in [0.1, 0.15) is 12.1 Å². The van der Waals surface area contributed by atoms with Crippen LogP contribution in [0.1, 0.15) is 0 Å². The lowest BCUT2D eigenvalue weighted by atomic mass is 10.2. The van der Waals surface area contributed by atoms with Gasteiger partial charge in [-0.15, -0.1) is 5.11 Å². The average molecular weight is 270 g/mol. The van der Waals surface area contributed by atoms with E-state index in [0.717, 1.165) is 0 Å². The molecule has 2 aromatic heterocycles. The predicted molar refractivity (Wildman–Crippen MR) is 71.8 cm³/mol. The van der Waals surface area contributed by atoms with Crippen LogP contribution in [0.4, 0.5) is 17.3 Å². The fourth-order valence-electron chi connectivity index (χ4n) is 1.90. The van der Waals surface area contributed by atoms with Crippen LogP contribution in [0.3, 0.4) is 0 Å². The molecule has 3 aromatic rings. The van der Waals surface area contributed by atoms with Gasteiger partial charge in [0.25, 0.3) is 0 Å². The lowest BCUT2D eigenvalue weighted by molar-refractivity contribution is 0.429. The Hall–Kier alpha value is -3.16. The fraction of sp³-hybridized carbons (Fsp3) is 0. The van der Waals surface area contributed by atoms with Gasteiger partial charge in [-0.3, -0.25) is 4.98 Å². The minimum absolute atomic E-state index is 0.0821. The highest BCUT2D eigenvalue weighted by Gasteiger charge is 2.09. The average Bonchev–Trinajstić information content (AvgIpc) is 2.74. The molecule has 0 saturated heterocycles. The van der Waals surface area contributed by atoms with E-state index in [4.69, 9.17) is 5.53 Å². The summed E-state index contributed by atoms with van der Waals surface area (Å²) in [5.74, 6) is 0.530. The molecule has 0 aliphatic rings. The van der Waals surface area contributed by atoms with E-state index in [1.165, 1.54) is 12.4 Å². The van der Waals surface area contributed by atoms with E-state index in [1.807, 2.05) is 0 Å². The standard InChI is InChI=1S/C12H10N6O2/c13-18-10-4-9(14-5-15-10)16-6-1-2-7-8(3-6)12(20)17-11(7)19/h1-5,13,17,19-20H,(H,14,15,16). The second kappa shape index (κ2) is 4.50. The van der Waals surface area contributed by atoms with Gasteiger partial charge in [-0.05, 0) is 18.2 Å². The number of hydrogen-bond acceptors (Lipinski definition) is 7. The van der Waals surface area contributed by atoms with Crippen molar-refractivity contribution in [3.8, 4) is 11.8 Å². The summed E-state index contributed by atoms with van der Waals surface area (Å²) in [4.78, 5) is 10.2. The number of rotatable bonds is 3. The minimum atomic E-state index is -0.106. The third-order valence-electron chi connectivity index (χ3n) is 2.81. The van der Waals surface area contributed by atoms with E-state index in [-0.39, 0.29) is 17.6 Å². The molecular weight excluding hydrogens is 260 g/mol. The number of aromatic nitrogens is 3. The Morgan fingerprint density at radius 1 is 1.10 bits per heavy atom. The van der Waals surface area contributed by atoms with Crippen molar-refractivity contribution >= 4 is 28.1 Å². The number of fused-ring (bicyclic) bond motifs is 1. The van der Waals surface area contributed by atoms with Crippen molar-refractivity contribution in [1.82, 2.24) is 15.0 Å². The van der Waals surface area contributed by atoms with Crippen LogP contribution < -0.4 is 5.32 Å². The van der Waals surface area contributed by atoms with Gasteiger partial charge < -0.3 is 15.5 Å². The molecule has 0 amide bonds. The van der Waals surface area contributed by atoms with Crippen molar-refractivity contribution < 1.29 is 10.2 Å². The van der Waals surface area contributed by atoms with Gasteiger partial charge in [-0.1, -0.05) is 0 Å². The highest BCUT2D eigenvalue weighted by molar-refractivity contribution is 5.94. The monoisotopic (exact) mass is 270 g/mol. The Balaban J connectivity index is 1.98. The summed E-state index contributed by atoms with van der Waals surface area (Å²) in [6.45, 7) is 0. The van der Waals surface area contributed by atoms with E-state index in [1.54, 1.807) is 18.2 Å². The van der Waals surface area contributed by atoms with Crippen LogP contribution in [0.5, 0.6) is 11.8 Å². The van der Waals surface area contributed by atoms with E-state index in [2.05, 4.69) is 25.4 Å². The zero-order chi connectivity index (χ0) is 14.1. The summed E-state index contributed by atoms with van der Waals surface area (Å²) in [6, 6.07) is 6.58. The highest BCUT2D eigenvalue weighted by Crippen LogP contribution is 2.34. The zero-order valence-corrected chi connectivity index (χ0v) is 10.1. The number of aromatic amines is 1.